The standard InChI is InChI=1S/C15H17FN2O2S/c16-14-6-3-4-12(10-14)8-9-18-21(19,20)11-13-5-1-2-7-15(13)17/h1-7,10,18H,8-9,11,17H2. The smallest absolute Gasteiger partial charge is 0.215 e. The van der Waals surface area contributed by atoms with Crippen LogP contribution in [0.5, 0.6) is 0 Å². The molecule has 0 saturated heterocycles. The van der Waals surface area contributed by atoms with E-state index >= 15 is 0 Å². The molecule has 0 saturated carbocycles. The number of nitrogens with one attached hydrogen (secondary N) is 1. The molecule has 2 aromatic rings. The van der Waals surface area contributed by atoms with Gasteiger partial charge < -0.3 is 5.73 Å². The minimum Gasteiger partial charge on any atom is -0.398 e. The average molecular weight is 308 g/mol. The van der Waals surface area contributed by atoms with Crippen LogP contribution >= 0.6 is 0 Å². The van der Waals surface area contributed by atoms with Gasteiger partial charge in [0.1, 0.15) is 5.82 Å². The van der Waals surface area contributed by atoms with Crippen molar-refractivity contribution in [2.24, 2.45) is 0 Å². The van der Waals surface area contributed by atoms with Gasteiger partial charge in [-0.15, -0.1) is 0 Å². The van der Waals surface area contributed by atoms with E-state index in [1.165, 1.54) is 12.1 Å². The SMILES string of the molecule is Nc1ccccc1CS(=O)(=O)NCCc1cccc(F)c1. The zero-order chi connectivity index (χ0) is 15.3. The van der Waals surface area contributed by atoms with Gasteiger partial charge in [0.2, 0.25) is 10.0 Å². The Morgan fingerprint density at radius 2 is 1.86 bits per heavy atom. The molecular formula is C15H17FN2O2S. The van der Waals surface area contributed by atoms with Crippen LogP contribution < -0.4 is 10.5 Å². The molecule has 3 N–H and O–H groups in total. The van der Waals surface area contributed by atoms with Crippen LogP contribution in [0, 0.1) is 5.82 Å². The summed E-state index contributed by atoms with van der Waals surface area (Å²) in [4.78, 5) is 0. The highest BCUT2D eigenvalue weighted by atomic mass is 32.2. The van der Waals surface area contributed by atoms with Crippen LogP contribution in [-0.2, 0) is 22.2 Å². The van der Waals surface area contributed by atoms with E-state index in [0.29, 0.717) is 17.7 Å². The van der Waals surface area contributed by atoms with Gasteiger partial charge in [-0.3, -0.25) is 0 Å². The molecule has 0 amide bonds. The first-order valence-electron chi connectivity index (χ1n) is 6.51. The van der Waals surface area contributed by atoms with Gasteiger partial charge in [0.25, 0.3) is 0 Å². The number of rotatable bonds is 6. The van der Waals surface area contributed by atoms with E-state index in [4.69, 9.17) is 5.73 Å². The van der Waals surface area contributed by atoms with Crippen molar-refractivity contribution in [3.63, 3.8) is 0 Å². The van der Waals surface area contributed by atoms with Gasteiger partial charge in [-0.25, -0.2) is 17.5 Å². The number of anilines is 1. The number of sulfonamides is 1. The largest absolute Gasteiger partial charge is 0.398 e. The van der Waals surface area contributed by atoms with E-state index in [0.717, 1.165) is 5.56 Å². The van der Waals surface area contributed by atoms with Crippen LogP contribution in [0.1, 0.15) is 11.1 Å². The zero-order valence-electron chi connectivity index (χ0n) is 11.4. The quantitative estimate of drug-likeness (QED) is 0.802. The monoisotopic (exact) mass is 308 g/mol. The Morgan fingerprint density at radius 1 is 1.10 bits per heavy atom. The molecule has 0 aliphatic carbocycles. The summed E-state index contributed by atoms with van der Waals surface area (Å²) in [6, 6.07) is 12.9. The van der Waals surface area contributed by atoms with Gasteiger partial charge in [0.15, 0.2) is 0 Å². The minimum absolute atomic E-state index is 0.164. The van der Waals surface area contributed by atoms with Crippen LogP contribution in [0.4, 0.5) is 10.1 Å². The molecule has 0 aliphatic rings. The highest BCUT2D eigenvalue weighted by molar-refractivity contribution is 7.88. The molecule has 0 unspecified atom stereocenters. The van der Waals surface area contributed by atoms with Crippen molar-refractivity contribution in [2.75, 3.05) is 12.3 Å². The lowest BCUT2D eigenvalue weighted by atomic mass is 10.1. The van der Waals surface area contributed by atoms with E-state index in [2.05, 4.69) is 4.72 Å². The number of halogens is 1. The van der Waals surface area contributed by atoms with Crippen molar-refractivity contribution < 1.29 is 12.8 Å². The van der Waals surface area contributed by atoms with Gasteiger partial charge in [-0.2, -0.15) is 0 Å². The average Bonchev–Trinajstić information content (AvgIpc) is 2.41. The molecule has 0 aromatic heterocycles. The van der Waals surface area contributed by atoms with E-state index in [-0.39, 0.29) is 18.1 Å². The molecule has 0 spiro atoms. The zero-order valence-corrected chi connectivity index (χ0v) is 12.2. The first-order chi connectivity index (χ1) is 9.96. The number of hydrogen-bond acceptors (Lipinski definition) is 3. The Morgan fingerprint density at radius 3 is 2.57 bits per heavy atom. The number of para-hydroxylation sites is 1. The Bertz CT molecular complexity index is 717. The van der Waals surface area contributed by atoms with Crippen molar-refractivity contribution in [1.82, 2.24) is 4.72 Å². The molecule has 4 nitrogen and oxygen atoms in total. The second-order valence-electron chi connectivity index (χ2n) is 4.73. The predicted molar refractivity (Wildman–Crippen MR) is 81.6 cm³/mol. The van der Waals surface area contributed by atoms with Crippen LogP contribution in [0.25, 0.3) is 0 Å². The molecule has 0 atom stereocenters. The normalized spacial score (nSPS) is 11.5. The Hall–Kier alpha value is -1.92. The summed E-state index contributed by atoms with van der Waals surface area (Å²) >= 11 is 0. The third-order valence-electron chi connectivity index (χ3n) is 3.03. The fourth-order valence-electron chi connectivity index (χ4n) is 1.96. The van der Waals surface area contributed by atoms with E-state index in [9.17, 15) is 12.8 Å². The van der Waals surface area contributed by atoms with Gasteiger partial charge in [-0.05, 0) is 35.7 Å². The van der Waals surface area contributed by atoms with Crippen molar-refractivity contribution in [1.29, 1.82) is 0 Å². The van der Waals surface area contributed by atoms with Gasteiger partial charge in [0, 0.05) is 12.2 Å². The lowest BCUT2D eigenvalue weighted by molar-refractivity contribution is 0.580. The summed E-state index contributed by atoms with van der Waals surface area (Å²) in [6.45, 7) is 0.221. The van der Waals surface area contributed by atoms with E-state index in [1.54, 1.807) is 36.4 Å². The summed E-state index contributed by atoms with van der Waals surface area (Å²) in [6.07, 6.45) is 0.432. The van der Waals surface area contributed by atoms with Gasteiger partial charge in [-0.1, -0.05) is 30.3 Å². The Labute approximate surface area is 123 Å². The first-order valence-corrected chi connectivity index (χ1v) is 8.17. The number of nitrogen functional groups attached to an aromatic ring is 1. The van der Waals surface area contributed by atoms with E-state index in [1.807, 2.05) is 0 Å². The topological polar surface area (TPSA) is 72.2 Å². The van der Waals surface area contributed by atoms with Gasteiger partial charge in [0.05, 0.1) is 5.75 Å². The van der Waals surface area contributed by atoms with Crippen LogP contribution in [0.3, 0.4) is 0 Å². The summed E-state index contributed by atoms with van der Waals surface area (Å²) in [5.74, 6) is -0.490. The minimum atomic E-state index is -3.46. The van der Waals surface area contributed by atoms with Crippen LogP contribution in [-0.4, -0.2) is 15.0 Å². The Balaban J connectivity index is 1.91. The molecule has 6 heteroatoms. The molecule has 0 radical (unpaired) electrons. The van der Waals surface area contributed by atoms with Crippen molar-refractivity contribution >= 4 is 15.7 Å². The summed E-state index contributed by atoms with van der Waals surface area (Å²) in [5, 5.41) is 0. The fourth-order valence-corrected chi connectivity index (χ4v) is 3.15. The fraction of sp³-hybridized carbons (Fsp3) is 0.200. The number of nitrogens with two attached hydrogens (primary N) is 1. The third-order valence-corrected chi connectivity index (χ3v) is 4.36. The summed E-state index contributed by atoms with van der Waals surface area (Å²) in [7, 11) is -3.46. The lowest BCUT2D eigenvalue weighted by Gasteiger charge is -2.08. The maximum absolute atomic E-state index is 13.0. The molecule has 0 fully saturated rings. The van der Waals surface area contributed by atoms with Crippen molar-refractivity contribution in [2.45, 2.75) is 12.2 Å². The Kier molecular flexibility index (Phi) is 4.93. The molecular weight excluding hydrogens is 291 g/mol. The summed E-state index contributed by atoms with van der Waals surface area (Å²) < 4.78 is 39.4. The predicted octanol–water partition coefficient (Wildman–Crippen LogP) is 2.07. The van der Waals surface area contributed by atoms with Crippen molar-refractivity contribution in [3.8, 4) is 0 Å². The first kappa shape index (κ1) is 15.5. The molecule has 2 rings (SSSR count). The molecule has 112 valence electrons. The molecule has 0 heterocycles. The van der Waals surface area contributed by atoms with Crippen LogP contribution in [0.15, 0.2) is 48.5 Å². The van der Waals surface area contributed by atoms with Gasteiger partial charge >= 0.3 is 0 Å². The number of hydrogen-bond donors (Lipinski definition) is 2. The molecule has 21 heavy (non-hydrogen) atoms. The maximum Gasteiger partial charge on any atom is 0.215 e. The highest BCUT2D eigenvalue weighted by Gasteiger charge is 2.12. The number of benzene rings is 2. The van der Waals surface area contributed by atoms with Crippen LogP contribution in [0.2, 0.25) is 0 Å². The maximum atomic E-state index is 13.0. The second-order valence-corrected chi connectivity index (χ2v) is 6.54. The molecule has 2 aromatic carbocycles. The van der Waals surface area contributed by atoms with Crippen molar-refractivity contribution in [3.05, 3.63) is 65.5 Å². The molecule has 0 bridgehead atoms. The third kappa shape index (κ3) is 4.84. The second kappa shape index (κ2) is 6.69. The molecule has 0 aliphatic heterocycles. The van der Waals surface area contributed by atoms with E-state index < -0.39 is 10.0 Å². The summed E-state index contributed by atoms with van der Waals surface area (Å²) in [5.41, 5.74) is 7.49. The lowest BCUT2D eigenvalue weighted by Crippen LogP contribution is -2.27. The highest BCUT2D eigenvalue weighted by Crippen LogP contribution is 2.13.